The van der Waals surface area contributed by atoms with Crippen LogP contribution in [0.15, 0.2) is 0 Å². The Hall–Kier alpha value is -1.27. The zero-order chi connectivity index (χ0) is 14.5. The molecule has 0 rings (SSSR count). The first-order valence-electron chi connectivity index (χ1n) is 6.48. The number of carbonyl (C=O) groups excluding carboxylic acids is 2. The largest absolute Gasteiger partial charge is 0.379 e. The van der Waals surface area contributed by atoms with Crippen molar-refractivity contribution in [3.8, 4) is 0 Å². The molecule has 0 aliphatic carbocycles. The maximum Gasteiger partial charge on any atom is 0.220 e. The summed E-state index contributed by atoms with van der Waals surface area (Å²) in [5.74, 6) is -0.111. The van der Waals surface area contributed by atoms with Crippen molar-refractivity contribution in [3.63, 3.8) is 0 Å². The summed E-state index contributed by atoms with van der Waals surface area (Å²) in [6, 6.07) is 0. The number of hydrogen-bond acceptors (Lipinski definition) is 5. The second kappa shape index (κ2) is 11.8. The van der Waals surface area contributed by atoms with Crippen molar-refractivity contribution >= 4 is 17.4 Å². The van der Waals surface area contributed by atoms with Crippen molar-refractivity contribution in [1.29, 1.82) is 5.41 Å². The molecule has 0 fully saturated rings. The third-order valence-corrected chi connectivity index (χ3v) is 2.27. The summed E-state index contributed by atoms with van der Waals surface area (Å²) >= 11 is 0. The molecule has 0 heterocycles. The molecule has 0 aromatic rings. The molecule has 0 atom stereocenters. The number of ketones is 1. The van der Waals surface area contributed by atoms with Gasteiger partial charge < -0.3 is 25.0 Å². The van der Waals surface area contributed by atoms with E-state index in [-0.39, 0.29) is 24.5 Å². The molecular weight excluding hydrogens is 248 g/mol. The van der Waals surface area contributed by atoms with Crippen molar-refractivity contribution in [2.75, 3.05) is 33.0 Å². The standard InChI is InChI=1S/C13H24N2O4/c1-11(14)5-7-18-9-10-19-8-6-15-13(17)4-3-12(2)16/h14H,3-10H2,1-2H3,(H,15,17). The molecule has 0 aromatic carbocycles. The van der Waals surface area contributed by atoms with Gasteiger partial charge in [-0.1, -0.05) is 0 Å². The average Bonchev–Trinajstić information content (AvgIpc) is 2.34. The minimum Gasteiger partial charge on any atom is -0.379 e. The molecule has 0 saturated carbocycles. The molecular formula is C13H24N2O4. The molecule has 0 unspecified atom stereocenters. The number of rotatable bonds is 12. The maximum atomic E-state index is 11.2. The van der Waals surface area contributed by atoms with E-state index in [4.69, 9.17) is 14.9 Å². The first kappa shape index (κ1) is 17.7. The fourth-order valence-corrected chi connectivity index (χ4v) is 1.19. The summed E-state index contributed by atoms with van der Waals surface area (Å²) in [5, 5.41) is 9.86. The zero-order valence-corrected chi connectivity index (χ0v) is 11.8. The van der Waals surface area contributed by atoms with E-state index >= 15 is 0 Å². The molecule has 0 aromatic heterocycles. The molecule has 0 radical (unpaired) electrons. The van der Waals surface area contributed by atoms with Gasteiger partial charge in [0.15, 0.2) is 0 Å². The molecule has 0 bridgehead atoms. The van der Waals surface area contributed by atoms with Gasteiger partial charge >= 0.3 is 0 Å². The summed E-state index contributed by atoms with van der Waals surface area (Å²) in [6.45, 7) is 5.59. The van der Waals surface area contributed by atoms with Gasteiger partial charge in [0.05, 0.1) is 26.4 Å². The van der Waals surface area contributed by atoms with Crippen LogP contribution in [0.4, 0.5) is 0 Å². The lowest BCUT2D eigenvalue weighted by Crippen LogP contribution is -2.27. The normalized spacial score (nSPS) is 10.2. The van der Waals surface area contributed by atoms with Crippen LogP contribution in [0.25, 0.3) is 0 Å². The summed E-state index contributed by atoms with van der Waals surface area (Å²) in [5.41, 5.74) is 0.606. The van der Waals surface area contributed by atoms with Gasteiger partial charge in [0.1, 0.15) is 5.78 Å². The van der Waals surface area contributed by atoms with E-state index in [1.807, 2.05) is 0 Å². The van der Waals surface area contributed by atoms with Gasteiger partial charge in [-0.25, -0.2) is 0 Å². The van der Waals surface area contributed by atoms with Gasteiger partial charge in [0, 0.05) is 31.5 Å². The van der Waals surface area contributed by atoms with Crippen molar-refractivity contribution < 1.29 is 19.1 Å². The number of hydrogen-bond donors (Lipinski definition) is 2. The average molecular weight is 272 g/mol. The van der Waals surface area contributed by atoms with Crippen LogP contribution in [0.3, 0.4) is 0 Å². The number of carbonyl (C=O) groups is 2. The molecule has 110 valence electrons. The summed E-state index contributed by atoms with van der Waals surface area (Å²) in [4.78, 5) is 21.9. The van der Waals surface area contributed by atoms with Crippen molar-refractivity contribution in [3.05, 3.63) is 0 Å². The predicted molar refractivity (Wildman–Crippen MR) is 72.6 cm³/mol. The van der Waals surface area contributed by atoms with E-state index in [0.717, 1.165) is 0 Å². The molecule has 0 aliphatic rings. The van der Waals surface area contributed by atoms with E-state index in [1.54, 1.807) is 6.92 Å². The van der Waals surface area contributed by atoms with Gasteiger partial charge in [-0.15, -0.1) is 0 Å². The topological polar surface area (TPSA) is 88.5 Å². The van der Waals surface area contributed by atoms with Gasteiger partial charge in [-0.3, -0.25) is 4.79 Å². The Morgan fingerprint density at radius 2 is 1.58 bits per heavy atom. The van der Waals surface area contributed by atoms with Crippen LogP contribution in [0, 0.1) is 5.41 Å². The van der Waals surface area contributed by atoms with Crippen LogP contribution in [0.5, 0.6) is 0 Å². The van der Waals surface area contributed by atoms with E-state index < -0.39 is 0 Å². The van der Waals surface area contributed by atoms with Crippen molar-refractivity contribution in [1.82, 2.24) is 5.32 Å². The number of ether oxygens (including phenoxy) is 2. The van der Waals surface area contributed by atoms with Crippen molar-refractivity contribution in [2.45, 2.75) is 33.1 Å². The number of amides is 1. The molecule has 0 saturated heterocycles. The fraction of sp³-hybridized carbons (Fsp3) is 0.769. The highest BCUT2D eigenvalue weighted by Gasteiger charge is 2.02. The lowest BCUT2D eigenvalue weighted by atomic mass is 10.2. The van der Waals surface area contributed by atoms with Crippen LogP contribution >= 0.6 is 0 Å². The summed E-state index contributed by atoms with van der Waals surface area (Å²) in [7, 11) is 0. The third kappa shape index (κ3) is 14.7. The molecule has 19 heavy (non-hydrogen) atoms. The minimum atomic E-state index is -0.128. The first-order chi connectivity index (χ1) is 9.02. The molecule has 0 aliphatic heterocycles. The second-order valence-corrected chi connectivity index (χ2v) is 4.31. The van der Waals surface area contributed by atoms with Crippen LogP contribution in [0.2, 0.25) is 0 Å². The third-order valence-electron chi connectivity index (χ3n) is 2.27. The van der Waals surface area contributed by atoms with Gasteiger partial charge in [0.25, 0.3) is 0 Å². The van der Waals surface area contributed by atoms with E-state index in [1.165, 1.54) is 6.92 Å². The highest BCUT2D eigenvalue weighted by molar-refractivity contribution is 5.83. The predicted octanol–water partition coefficient (Wildman–Crippen LogP) is 0.935. The molecule has 6 heteroatoms. The lowest BCUT2D eigenvalue weighted by molar-refractivity contribution is -0.124. The summed E-state index contributed by atoms with van der Waals surface area (Å²) in [6.07, 6.45) is 1.17. The Kier molecular flexibility index (Phi) is 11.0. The Balaban J connectivity index is 3.20. The maximum absolute atomic E-state index is 11.2. The van der Waals surface area contributed by atoms with Crippen LogP contribution < -0.4 is 5.32 Å². The second-order valence-electron chi connectivity index (χ2n) is 4.31. The lowest BCUT2D eigenvalue weighted by Gasteiger charge is -2.06. The van der Waals surface area contributed by atoms with Gasteiger partial charge in [-0.2, -0.15) is 0 Å². The quantitative estimate of drug-likeness (QED) is 0.409. The Morgan fingerprint density at radius 3 is 2.16 bits per heavy atom. The highest BCUT2D eigenvalue weighted by atomic mass is 16.5. The van der Waals surface area contributed by atoms with Crippen LogP contribution in [0.1, 0.15) is 33.1 Å². The Labute approximate surface area is 114 Å². The number of nitrogens with one attached hydrogen (secondary N) is 2. The van der Waals surface area contributed by atoms with Crippen LogP contribution in [-0.4, -0.2) is 50.4 Å². The van der Waals surface area contributed by atoms with E-state index in [2.05, 4.69) is 5.32 Å². The SMILES string of the molecule is CC(=N)CCOCCOCCNC(=O)CCC(C)=O. The monoisotopic (exact) mass is 272 g/mol. The molecule has 0 spiro atoms. The van der Waals surface area contributed by atoms with Gasteiger partial charge in [-0.05, 0) is 13.8 Å². The van der Waals surface area contributed by atoms with Gasteiger partial charge in [0.2, 0.25) is 5.91 Å². The smallest absolute Gasteiger partial charge is 0.220 e. The Morgan fingerprint density at radius 1 is 0.947 bits per heavy atom. The summed E-state index contributed by atoms with van der Waals surface area (Å²) < 4.78 is 10.5. The van der Waals surface area contributed by atoms with Crippen molar-refractivity contribution in [2.24, 2.45) is 0 Å². The Bertz CT molecular complexity index is 292. The molecule has 2 N–H and O–H groups in total. The fourth-order valence-electron chi connectivity index (χ4n) is 1.19. The first-order valence-corrected chi connectivity index (χ1v) is 6.48. The van der Waals surface area contributed by atoms with E-state index in [9.17, 15) is 9.59 Å². The van der Waals surface area contributed by atoms with E-state index in [0.29, 0.717) is 45.1 Å². The molecule has 1 amide bonds. The minimum absolute atomic E-state index is 0.0173. The zero-order valence-electron chi connectivity index (χ0n) is 11.8. The highest BCUT2D eigenvalue weighted by Crippen LogP contribution is 1.89. The molecule has 6 nitrogen and oxygen atoms in total. The van der Waals surface area contributed by atoms with Crippen LogP contribution in [-0.2, 0) is 19.1 Å². The number of Topliss-reactive ketones (excluding diaryl/α,β-unsaturated/α-hetero) is 1.